The van der Waals surface area contributed by atoms with Crippen molar-refractivity contribution in [3.8, 4) is 0 Å². The van der Waals surface area contributed by atoms with Gasteiger partial charge in [-0.25, -0.2) is 4.79 Å². The van der Waals surface area contributed by atoms with Crippen LogP contribution in [0.4, 0.5) is 0 Å². The maximum absolute atomic E-state index is 9.83. The second-order valence-corrected chi connectivity index (χ2v) is 2.02. The molecule has 0 rings (SSSR count). The van der Waals surface area contributed by atoms with Gasteiger partial charge >= 0.3 is 14.2 Å². The molecule has 0 fully saturated rings. The summed E-state index contributed by atoms with van der Waals surface area (Å²) in [6, 6.07) is 0. The van der Waals surface area contributed by atoms with Crippen molar-refractivity contribution in [1.29, 1.82) is 0 Å². The monoisotopic (exact) mass is 181 g/mol. The van der Waals surface area contributed by atoms with Crippen molar-refractivity contribution in [2.45, 2.75) is 13.3 Å². The van der Waals surface area contributed by atoms with Crippen molar-refractivity contribution in [1.82, 2.24) is 0 Å². The molecule has 0 amide bonds. The molecular weight excluding hydrogens is 171 g/mol. The number of hydrogen-bond acceptors (Lipinski definition) is 2. The first-order valence-corrected chi connectivity index (χ1v) is 3.84. The van der Waals surface area contributed by atoms with Crippen molar-refractivity contribution in [2.24, 2.45) is 0 Å². The fraction of sp³-hybridized carbons (Fsp3) is 0.400. The summed E-state index contributed by atoms with van der Waals surface area (Å²) in [5, 5.41) is 8.08. The summed E-state index contributed by atoms with van der Waals surface area (Å²) in [6.45, 7) is 5.03. The molecule has 0 saturated heterocycles. The smallest absolute Gasteiger partial charge is 0.478 e. The molecule has 0 saturated carbocycles. The Bertz CT molecular complexity index is 160. The van der Waals surface area contributed by atoms with E-state index >= 15 is 0 Å². The number of aliphatic carboxylic acids is 1. The third-order valence-corrected chi connectivity index (χ3v) is 0.729. The molecule has 11 heavy (non-hydrogen) atoms. The zero-order valence-electron chi connectivity index (χ0n) is 6.02. The predicted molar refractivity (Wildman–Crippen MR) is 39.1 cm³/mol. The summed E-state index contributed by atoms with van der Waals surface area (Å²) in [6.07, 6.45) is 0.523. The average molecular weight is 181 g/mol. The molecule has 0 spiro atoms. The number of carboxylic acid groups (broad SMARTS) is 1. The summed E-state index contributed by atoms with van der Waals surface area (Å²) in [4.78, 5) is 24.1. The highest BCUT2D eigenvalue weighted by Crippen LogP contribution is 1.98. The van der Waals surface area contributed by atoms with Gasteiger partial charge in [-0.2, -0.15) is 0 Å². The minimum atomic E-state index is -2.87. The van der Waals surface area contributed by atoms with Crippen LogP contribution in [-0.4, -0.2) is 20.9 Å². The molecule has 5 nitrogen and oxygen atoms in total. The first-order chi connectivity index (χ1) is 4.91. The van der Waals surface area contributed by atoms with Crippen molar-refractivity contribution < 1.29 is 24.3 Å². The van der Waals surface area contributed by atoms with Gasteiger partial charge in [-0.1, -0.05) is 13.5 Å². The first-order valence-electron chi connectivity index (χ1n) is 2.67. The number of rotatable bonds is 2. The Morgan fingerprint density at radius 2 is 1.82 bits per heavy atom. The lowest BCUT2D eigenvalue weighted by atomic mass is 10.2. The van der Waals surface area contributed by atoms with E-state index in [1.165, 1.54) is 0 Å². The molecule has 3 N–H and O–H groups in total. The summed E-state index contributed by atoms with van der Waals surface area (Å²) < 4.78 is 8.70. The zero-order valence-corrected chi connectivity index (χ0v) is 6.91. The van der Waals surface area contributed by atoms with Gasteiger partial charge in [-0.15, -0.1) is 9.79 Å². The van der Waals surface area contributed by atoms with Gasteiger partial charge in [-0.3, -0.25) is 0 Å². The van der Waals surface area contributed by atoms with E-state index in [1.807, 2.05) is 0 Å². The normalized spacial score (nSPS) is 7.55. The number of hydrogen-bond donors (Lipinski definition) is 3. The van der Waals surface area contributed by atoms with E-state index in [-0.39, 0.29) is 5.57 Å². The Labute approximate surface area is 64.9 Å². The molecule has 0 radical (unpaired) electrons. The van der Waals surface area contributed by atoms with Gasteiger partial charge in [0.15, 0.2) is 0 Å². The summed E-state index contributed by atoms with van der Waals surface area (Å²) in [5.41, 5.74) is 0.264. The SMILES string of the molecule is C=C(CC)C(=O)O.O=[P+](O)O. The molecule has 0 unspecified atom stereocenters. The maximum Gasteiger partial charge on any atom is 0.692 e. The summed E-state index contributed by atoms with van der Waals surface area (Å²) in [7, 11) is -2.87. The second kappa shape index (κ2) is 7.34. The number of carboxylic acids is 1. The van der Waals surface area contributed by atoms with Gasteiger partial charge < -0.3 is 5.11 Å². The average Bonchev–Trinajstić information content (AvgIpc) is 1.85. The Hall–Kier alpha value is -0.770. The zero-order chi connectivity index (χ0) is 9.44. The van der Waals surface area contributed by atoms with Gasteiger partial charge in [0.25, 0.3) is 0 Å². The fourth-order valence-corrected chi connectivity index (χ4v) is 0.151. The van der Waals surface area contributed by atoms with E-state index in [1.54, 1.807) is 6.92 Å². The lowest BCUT2D eigenvalue weighted by Crippen LogP contribution is -1.95. The van der Waals surface area contributed by atoms with Crippen LogP contribution in [0, 0.1) is 0 Å². The molecule has 0 aromatic carbocycles. The molecule has 0 atom stereocenters. The molecule has 6 heteroatoms. The van der Waals surface area contributed by atoms with Crippen LogP contribution in [-0.2, 0) is 9.36 Å². The van der Waals surface area contributed by atoms with Crippen molar-refractivity contribution in [3.05, 3.63) is 12.2 Å². The third-order valence-electron chi connectivity index (χ3n) is 0.729. The fourth-order valence-electron chi connectivity index (χ4n) is 0.151. The molecule has 0 aliphatic heterocycles. The Kier molecular flexibility index (Phi) is 8.58. The van der Waals surface area contributed by atoms with Crippen LogP contribution < -0.4 is 0 Å². The van der Waals surface area contributed by atoms with E-state index in [9.17, 15) is 4.79 Å². The molecule has 0 bridgehead atoms. The predicted octanol–water partition coefficient (Wildman–Crippen LogP) is 0.666. The van der Waals surface area contributed by atoms with E-state index in [0.717, 1.165) is 0 Å². The van der Waals surface area contributed by atoms with Crippen LogP contribution in [0.1, 0.15) is 13.3 Å². The van der Waals surface area contributed by atoms with Gasteiger partial charge in [0, 0.05) is 10.1 Å². The Balaban J connectivity index is 0. The summed E-state index contributed by atoms with van der Waals surface area (Å²) in [5.74, 6) is -0.900. The lowest BCUT2D eigenvalue weighted by molar-refractivity contribution is -0.132. The molecule has 0 aromatic rings. The van der Waals surface area contributed by atoms with Crippen molar-refractivity contribution in [3.63, 3.8) is 0 Å². The van der Waals surface area contributed by atoms with Crippen LogP contribution in [0.5, 0.6) is 0 Å². The Morgan fingerprint density at radius 3 is 1.82 bits per heavy atom. The van der Waals surface area contributed by atoms with Gasteiger partial charge in [-0.05, 0) is 6.42 Å². The minimum Gasteiger partial charge on any atom is -0.478 e. The molecule has 0 heterocycles. The molecule has 0 aliphatic carbocycles. The van der Waals surface area contributed by atoms with Gasteiger partial charge in [0.2, 0.25) is 0 Å². The summed E-state index contributed by atoms with van der Waals surface area (Å²) >= 11 is 0. The topological polar surface area (TPSA) is 94.8 Å². The lowest BCUT2D eigenvalue weighted by Gasteiger charge is -1.87. The molecule has 0 aliphatic rings. The van der Waals surface area contributed by atoms with E-state index in [0.29, 0.717) is 6.42 Å². The highest BCUT2D eigenvalue weighted by Gasteiger charge is 1.96. The van der Waals surface area contributed by atoms with Crippen molar-refractivity contribution in [2.75, 3.05) is 0 Å². The standard InChI is InChI=1S/C5H8O2.HO3P/c1-3-4(2)5(6)7;1-4(2)3/h2-3H2,1H3,(H,6,7);(H-,1,2,3)/p+1. The van der Waals surface area contributed by atoms with E-state index < -0.39 is 14.2 Å². The maximum atomic E-state index is 9.83. The van der Waals surface area contributed by atoms with E-state index in [2.05, 4.69) is 6.58 Å². The van der Waals surface area contributed by atoms with Crippen LogP contribution in [0.15, 0.2) is 12.2 Å². The van der Waals surface area contributed by atoms with E-state index in [4.69, 9.17) is 19.5 Å². The van der Waals surface area contributed by atoms with Crippen LogP contribution in [0.3, 0.4) is 0 Å². The van der Waals surface area contributed by atoms with Gasteiger partial charge in [0.05, 0.1) is 0 Å². The van der Waals surface area contributed by atoms with Crippen molar-refractivity contribution >= 4 is 14.2 Å². The van der Waals surface area contributed by atoms with Gasteiger partial charge in [0.1, 0.15) is 0 Å². The highest BCUT2D eigenvalue weighted by molar-refractivity contribution is 7.30. The quantitative estimate of drug-likeness (QED) is 0.429. The Morgan fingerprint density at radius 1 is 1.55 bits per heavy atom. The molecule has 64 valence electrons. The molecule has 0 aromatic heterocycles. The molecular formula is C5H10O5P+. The largest absolute Gasteiger partial charge is 0.692 e. The first kappa shape index (κ1) is 12.9. The van der Waals surface area contributed by atoms with Crippen LogP contribution >= 0.6 is 8.25 Å². The van der Waals surface area contributed by atoms with Crippen LogP contribution in [0.25, 0.3) is 0 Å². The highest BCUT2D eigenvalue weighted by atomic mass is 31.1. The second-order valence-electron chi connectivity index (χ2n) is 1.52. The van der Waals surface area contributed by atoms with Crippen LogP contribution in [0.2, 0.25) is 0 Å². The third kappa shape index (κ3) is 17.6. The minimum absolute atomic E-state index is 0.264. The number of carbonyl (C=O) groups is 1.